The van der Waals surface area contributed by atoms with Gasteiger partial charge in [-0.1, -0.05) is 42.5 Å². The second-order valence-electron chi connectivity index (χ2n) is 7.81. The number of aromatic nitrogens is 3. The van der Waals surface area contributed by atoms with Gasteiger partial charge in [-0.2, -0.15) is 0 Å². The van der Waals surface area contributed by atoms with E-state index in [9.17, 15) is 8.42 Å². The molecule has 2 heterocycles. The highest BCUT2D eigenvalue weighted by molar-refractivity contribution is 7.93. The van der Waals surface area contributed by atoms with E-state index in [0.29, 0.717) is 34.4 Å². The highest BCUT2D eigenvalue weighted by Crippen LogP contribution is 2.26. The fourth-order valence-corrected chi connectivity index (χ4v) is 4.96. The molecule has 5 aromatic rings. The molecule has 9 heteroatoms. The molecule has 0 bridgehead atoms. The number of nitrogens with one attached hydrogen (secondary N) is 3. The molecule has 3 aromatic carbocycles. The van der Waals surface area contributed by atoms with Gasteiger partial charge in [0.15, 0.2) is 0 Å². The fraction of sp³-hybridized carbons (Fsp3) is 0.0385. The summed E-state index contributed by atoms with van der Waals surface area (Å²) in [4.78, 5) is 13.3. The first-order valence-corrected chi connectivity index (χ1v) is 12.4. The van der Waals surface area contributed by atoms with Crippen molar-refractivity contribution in [1.29, 1.82) is 0 Å². The number of hydrogen-bond acceptors (Lipinski definition) is 7. The number of hydrogen-bond donors (Lipinski definition) is 3. The van der Waals surface area contributed by atoms with Crippen molar-refractivity contribution in [2.75, 3.05) is 15.4 Å². The van der Waals surface area contributed by atoms with E-state index >= 15 is 0 Å². The Labute approximate surface area is 203 Å². The molecule has 0 saturated heterocycles. The fourth-order valence-electron chi connectivity index (χ4n) is 3.67. The SMILES string of the molecule is Cc1nc(Nc2ccc(NS(=O)(=O)c3cccc4ccccc34)cc2)cc(Nc2ccccn2)n1. The molecule has 2 aromatic heterocycles. The molecule has 5 rings (SSSR count). The maximum absolute atomic E-state index is 13.1. The van der Waals surface area contributed by atoms with Crippen LogP contribution in [0.25, 0.3) is 10.8 Å². The zero-order valence-electron chi connectivity index (χ0n) is 18.8. The van der Waals surface area contributed by atoms with E-state index in [0.717, 1.165) is 11.1 Å². The van der Waals surface area contributed by atoms with Crippen molar-refractivity contribution in [2.24, 2.45) is 0 Å². The molecule has 0 aliphatic heterocycles. The van der Waals surface area contributed by atoms with Crippen molar-refractivity contribution < 1.29 is 8.42 Å². The Hall–Kier alpha value is -4.50. The first-order valence-electron chi connectivity index (χ1n) is 10.9. The van der Waals surface area contributed by atoms with Crippen LogP contribution in [0.2, 0.25) is 0 Å². The molecule has 0 saturated carbocycles. The van der Waals surface area contributed by atoms with Gasteiger partial charge in [0.1, 0.15) is 23.3 Å². The Morgan fingerprint density at radius 1 is 0.686 bits per heavy atom. The van der Waals surface area contributed by atoms with E-state index in [-0.39, 0.29) is 4.90 Å². The predicted octanol–water partition coefficient (Wildman–Crippen LogP) is 5.62. The molecule has 0 unspecified atom stereocenters. The lowest BCUT2D eigenvalue weighted by molar-refractivity contribution is 0.602. The maximum atomic E-state index is 13.1. The summed E-state index contributed by atoms with van der Waals surface area (Å²) in [6.07, 6.45) is 1.70. The van der Waals surface area contributed by atoms with Crippen LogP contribution >= 0.6 is 0 Å². The van der Waals surface area contributed by atoms with Crippen LogP contribution in [0.4, 0.5) is 28.8 Å². The van der Waals surface area contributed by atoms with Crippen LogP contribution in [0.1, 0.15) is 5.82 Å². The van der Waals surface area contributed by atoms with Crippen LogP contribution in [0.3, 0.4) is 0 Å². The molecule has 0 atom stereocenters. The summed E-state index contributed by atoms with van der Waals surface area (Å²) >= 11 is 0. The van der Waals surface area contributed by atoms with Crippen LogP contribution in [-0.4, -0.2) is 23.4 Å². The smallest absolute Gasteiger partial charge is 0.262 e. The largest absolute Gasteiger partial charge is 0.340 e. The van der Waals surface area contributed by atoms with Crippen molar-refractivity contribution in [3.05, 3.63) is 103 Å². The Bertz CT molecular complexity index is 1580. The van der Waals surface area contributed by atoms with Gasteiger partial charge in [0.2, 0.25) is 0 Å². The number of sulfonamides is 1. The average Bonchev–Trinajstić information content (AvgIpc) is 2.85. The van der Waals surface area contributed by atoms with Gasteiger partial charge in [0, 0.05) is 29.0 Å². The lowest BCUT2D eigenvalue weighted by atomic mass is 10.1. The molecule has 174 valence electrons. The highest BCUT2D eigenvalue weighted by atomic mass is 32.2. The molecule has 0 aliphatic carbocycles. The zero-order chi connectivity index (χ0) is 24.3. The number of benzene rings is 3. The van der Waals surface area contributed by atoms with E-state index in [1.54, 1.807) is 61.7 Å². The van der Waals surface area contributed by atoms with Crippen molar-refractivity contribution >= 4 is 49.6 Å². The third kappa shape index (κ3) is 5.20. The predicted molar refractivity (Wildman–Crippen MR) is 139 cm³/mol. The number of nitrogens with zero attached hydrogens (tertiary/aromatic N) is 3. The molecule has 35 heavy (non-hydrogen) atoms. The minimum absolute atomic E-state index is 0.238. The maximum Gasteiger partial charge on any atom is 0.262 e. The number of pyridine rings is 1. The van der Waals surface area contributed by atoms with Gasteiger partial charge in [-0.15, -0.1) is 0 Å². The zero-order valence-corrected chi connectivity index (χ0v) is 19.6. The lowest BCUT2D eigenvalue weighted by Crippen LogP contribution is -2.13. The van der Waals surface area contributed by atoms with Crippen molar-refractivity contribution in [1.82, 2.24) is 15.0 Å². The number of aryl methyl sites for hydroxylation is 1. The van der Waals surface area contributed by atoms with E-state index in [4.69, 9.17) is 0 Å². The molecule has 0 fully saturated rings. The molecule has 0 spiro atoms. The molecule has 0 radical (unpaired) electrons. The summed E-state index contributed by atoms with van der Waals surface area (Å²) < 4.78 is 28.8. The monoisotopic (exact) mass is 482 g/mol. The van der Waals surface area contributed by atoms with Gasteiger partial charge in [0.25, 0.3) is 10.0 Å². The standard InChI is InChI=1S/C26H22N6O2S/c1-18-28-25(17-26(29-18)31-24-11-4-5-16-27-24)30-20-12-14-21(15-13-20)32-35(33,34)23-10-6-8-19-7-2-3-9-22(19)23/h2-17,32H,1H3,(H2,27,28,29,30,31). The third-order valence-corrected chi connectivity index (χ3v) is 6.65. The van der Waals surface area contributed by atoms with E-state index in [2.05, 4.69) is 30.3 Å². The summed E-state index contributed by atoms with van der Waals surface area (Å²) in [5.41, 5.74) is 1.21. The summed E-state index contributed by atoms with van der Waals surface area (Å²) in [6.45, 7) is 1.81. The number of rotatable bonds is 7. The lowest BCUT2D eigenvalue weighted by Gasteiger charge is -2.12. The van der Waals surface area contributed by atoms with E-state index in [1.165, 1.54) is 0 Å². The van der Waals surface area contributed by atoms with Crippen LogP contribution in [0.15, 0.2) is 102 Å². The topological polar surface area (TPSA) is 109 Å². The van der Waals surface area contributed by atoms with Gasteiger partial charge < -0.3 is 10.6 Å². The number of anilines is 5. The molecule has 3 N–H and O–H groups in total. The van der Waals surface area contributed by atoms with Crippen LogP contribution in [0.5, 0.6) is 0 Å². The minimum atomic E-state index is -3.76. The van der Waals surface area contributed by atoms with Crippen molar-refractivity contribution in [3.63, 3.8) is 0 Å². The average molecular weight is 483 g/mol. The van der Waals surface area contributed by atoms with E-state index < -0.39 is 10.0 Å². The van der Waals surface area contributed by atoms with Gasteiger partial charge >= 0.3 is 0 Å². The molecule has 0 aliphatic rings. The first kappa shape index (κ1) is 22.3. The van der Waals surface area contributed by atoms with Gasteiger partial charge in [-0.25, -0.2) is 23.4 Å². The summed E-state index contributed by atoms with van der Waals surface area (Å²) in [7, 11) is -3.76. The molecular formula is C26H22N6O2S. The van der Waals surface area contributed by atoms with E-state index in [1.807, 2.05) is 42.5 Å². The molecule has 0 amide bonds. The number of fused-ring (bicyclic) bond motifs is 1. The van der Waals surface area contributed by atoms with Crippen LogP contribution < -0.4 is 15.4 Å². The van der Waals surface area contributed by atoms with Crippen LogP contribution in [0, 0.1) is 6.92 Å². The van der Waals surface area contributed by atoms with Crippen molar-refractivity contribution in [2.45, 2.75) is 11.8 Å². The van der Waals surface area contributed by atoms with Gasteiger partial charge in [-0.3, -0.25) is 4.72 Å². The first-order chi connectivity index (χ1) is 17.0. The van der Waals surface area contributed by atoms with Gasteiger partial charge in [-0.05, 0) is 54.8 Å². The Kier molecular flexibility index (Phi) is 5.99. The molecule has 8 nitrogen and oxygen atoms in total. The quantitative estimate of drug-likeness (QED) is 0.276. The summed E-state index contributed by atoms with van der Waals surface area (Å²) in [5.74, 6) is 2.48. The highest BCUT2D eigenvalue weighted by Gasteiger charge is 2.17. The minimum Gasteiger partial charge on any atom is -0.340 e. The van der Waals surface area contributed by atoms with Crippen molar-refractivity contribution in [3.8, 4) is 0 Å². The second kappa shape index (κ2) is 9.40. The molecular weight excluding hydrogens is 460 g/mol. The third-order valence-electron chi connectivity index (χ3n) is 5.21. The second-order valence-corrected chi connectivity index (χ2v) is 9.46. The Morgan fingerprint density at radius 2 is 1.37 bits per heavy atom. The normalized spacial score (nSPS) is 11.2. The summed E-state index contributed by atoms with van der Waals surface area (Å²) in [5, 5.41) is 7.93. The summed E-state index contributed by atoms with van der Waals surface area (Å²) in [6, 6.07) is 27.0. The van der Waals surface area contributed by atoms with Gasteiger partial charge in [0.05, 0.1) is 4.90 Å². The Morgan fingerprint density at radius 3 is 2.14 bits per heavy atom. The van der Waals surface area contributed by atoms with Crippen LogP contribution in [-0.2, 0) is 10.0 Å². The Balaban J connectivity index is 1.32.